The number of nitrogens with two attached hydrogens (primary N) is 1. The molecule has 0 fully saturated rings. The molecular formula is C18H19NO. The number of anilines is 1. The quantitative estimate of drug-likeness (QED) is 0.502. The van der Waals surface area contributed by atoms with Gasteiger partial charge in [-0.3, -0.25) is 4.79 Å². The highest BCUT2D eigenvalue weighted by atomic mass is 16.1. The van der Waals surface area contributed by atoms with Crippen LogP contribution in [0.2, 0.25) is 0 Å². The molecule has 2 nitrogen and oxygen atoms in total. The largest absolute Gasteiger partial charge is 0.399 e. The van der Waals surface area contributed by atoms with E-state index in [1.54, 1.807) is 6.08 Å². The standard InChI is InChI=1S/C18H19NO/c1-2-4-15-5-3-6-16(13-15)18(20)12-9-14-7-10-17(19)11-8-14/h3,5-13H,2,4,19H2,1H3/b12-9+. The number of carbonyl (C=O) groups is 1. The smallest absolute Gasteiger partial charge is 0.185 e. The first-order chi connectivity index (χ1) is 9.69. The molecule has 20 heavy (non-hydrogen) atoms. The molecule has 0 aliphatic rings. The van der Waals surface area contributed by atoms with Gasteiger partial charge < -0.3 is 5.73 Å². The van der Waals surface area contributed by atoms with Gasteiger partial charge in [-0.1, -0.05) is 49.8 Å². The van der Waals surface area contributed by atoms with Crippen molar-refractivity contribution in [2.75, 3.05) is 5.73 Å². The Morgan fingerprint density at radius 2 is 1.90 bits per heavy atom. The van der Waals surface area contributed by atoms with E-state index in [1.165, 1.54) is 5.56 Å². The molecule has 0 heterocycles. The number of ketones is 1. The number of aryl methyl sites for hydroxylation is 1. The summed E-state index contributed by atoms with van der Waals surface area (Å²) in [5, 5.41) is 0. The summed E-state index contributed by atoms with van der Waals surface area (Å²) in [6, 6.07) is 15.3. The Labute approximate surface area is 119 Å². The third kappa shape index (κ3) is 3.82. The van der Waals surface area contributed by atoms with Crippen LogP contribution in [0.5, 0.6) is 0 Å². The van der Waals surface area contributed by atoms with Crippen LogP contribution in [0.25, 0.3) is 6.08 Å². The zero-order chi connectivity index (χ0) is 14.4. The second kappa shape index (κ2) is 6.71. The molecule has 0 saturated heterocycles. The average molecular weight is 265 g/mol. The molecule has 0 saturated carbocycles. The zero-order valence-electron chi connectivity index (χ0n) is 11.7. The van der Waals surface area contributed by atoms with Crippen molar-refractivity contribution >= 4 is 17.5 Å². The van der Waals surface area contributed by atoms with Crippen molar-refractivity contribution < 1.29 is 4.79 Å². The van der Waals surface area contributed by atoms with Crippen molar-refractivity contribution in [3.8, 4) is 0 Å². The van der Waals surface area contributed by atoms with Crippen molar-refractivity contribution in [1.29, 1.82) is 0 Å². The van der Waals surface area contributed by atoms with E-state index < -0.39 is 0 Å². The fourth-order valence-electron chi connectivity index (χ4n) is 2.04. The summed E-state index contributed by atoms with van der Waals surface area (Å²) in [6.45, 7) is 2.13. The predicted octanol–water partition coefficient (Wildman–Crippen LogP) is 4.12. The molecule has 0 aromatic heterocycles. The molecule has 0 amide bonds. The van der Waals surface area contributed by atoms with Crippen LogP contribution in [0.15, 0.2) is 54.6 Å². The lowest BCUT2D eigenvalue weighted by Gasteiger charge is -2.01. The molecule has 0 atom stereocenters. The normalized spacial score (nSPS) is 10.8. The average Bonchev–Trinajstić information content (AvgIpc) is 2.47. The Bertz CT molecular complexity index is 612. The van der Waals surface area contributed by atoms with Crippen LogP contribution in [0.4, 0.5) is 5.69 Å². The molecule has 0 aliphatic carbocycles. The maximum absolute atomic E-state index is 12.1. The Hall–Kier alpha value is -2.35. The van der Waals surface area contributed by atoms with E-state index in [0.717, 1.165) is 29.7 Å². The van der Waals surface area contributed by atoms with Gasteiger partial charge in [-0.2, -0.15) is 0 Å². The number of benzene rings is 2. The van der Waals surface area contributed by atoms with Gasteiger partial charge in [0.25, 0.3) is 0 Å². The summed E-state index contributed by atoms with van der Waals surface area (Å²) in [6.07, 6.45) is 5.51. The summed E-state index contributed by atoms with van der Waals surface area (Å²) >= 11 is 0. The second-order valence-corrected chi connectivity index (χ2v) is 4.81. The minimum Gasteiger partial charge on any atom is -0.399 e. The fraction of sp³-hybridized carbons (Fsp3) is 0.167. The molecule has 102 valence electrons. The molecule has 0 spiro atoms. The maximum Gasteiger partial charge on any atom is 0.185 e. The molecule has 0 radical (unpaired) electrons. The van der Waals surface area contributed by atoms with Crippen LogP contribution >= 0.6 is 0 Å². The van der Waals surface area contributed by atoms with Crippen LogP contribution in [-0.4, -0.2) is 5.78 Å². The monoisotopic (exact) mass is 265 g/mol. The molecule has 2 rings (SSSR count). The molecular weight excluding hydrogens is 246 g/mol. The number of nitrogen functional groups attached to an aromatic ring is 1. The van der Waals surface area contributed by atoms with Gasteiger partial charge in [0.15, 0.2) is 5.78 Å². The summed E-state index contributed by atoms with van der Waals surface area (Å²) in [5.41, 5.74) is 9.27. The van der Waals surface area contributed by atoms with E-state index in [4.69, 9.17) is 5.73 Å². The summed E-state index contributed by atoms with van der Waals surface area (Å²) in [4.78, 5) is 12.1. The number of hydrogen-bond donors (Lipinski definition) is 1. The lowest BCUT2D eigenvalue weighted by Crippen LogP contribution is -1.95. The molecule has 2 aromatic rings. The van der Waals surface area contributed by atoms with Gasteiger partial charge in [0.1, 0.15) is 0 Å². The maximum atomic E-state index is 12.1. The summed E-state index contributed by atoms with van der Waals surface area (Å²) in [5.74, 6) is 0.0276. The highest BCUT2D eigenvalue weighted by Gasteiger charge is 2.02. The molecule has 0 bridgehead atoms. The van der Waals surface area contributed by atoms with Gasteiger partial charge >= 0.3 is 0 Å². The van der Waals surface area contributed by atoms with E-state index in [1.807, 2.05) is 48.5 Å². The van der Waals surface area contributed by atoms with E-state index in [2.05, 4.69) is 13.0 Å². The van der Waals surface area contributed by atoms with Crippen LogP contribution < -0.4 is 5.73 Å². The lowest BCUT2D eigenvalue weighted by molar-refractivity contribution is 0.104. The van der Waals surface area contributed by atoms with E-state index in [-0.39, 0.29) is 5.78 Å². The predicted molar refractivity (Wildman–Crippen MR) is 84.7 cm³/mol. The Balaban J connectivity index is 2.11. The van der Waals surface area contributed by atoms with Crippen LogP contribution in [-0.2, 0) is 6.42 Å². The first-order valence-electron chi connectivity index (χ1n) is 6.86. The molecule has 2 heteroatoms. The summed E-state index contributed by atoms with van der Waals surface area (Å²) in [7, 11) is 0. The summed E-state index contributed by atoms with van der Waals surface area (Å²) < 4.78 is 0. The van der Waals surface area contributed by atoms with Crippen molar-refractivity contribution in [3.05, 3.63) is 71.3 Å². The SMILES string of the molecule is CCCc1cccc(C(=O)/C=C/c2ccc(N)cc2)c1. The number of carbonyl (C=O) groups excluding carboxylic acids is 1. The molecule has 0 unspecified atom stereocenters. The van der Waals surface area contributed by atoms with Gasteiger partial charge in [0.2, 0.25) is 0 Å². The van der Waals surface area contributed by atoms with Gasteiger partial charge in [-0.15, -0.1) is 0 Å². The van der Waals surface area contributed by atoms with Crippen molar-refractivity contribution in [2.24, 2.45) is 0 Å². The molecule has 0 aliphatic heterocycles. The van der Waals surface area contributed by atoms with Gasteiger partial charge in [0.05, 0.1) is 0 Å². The van der Waals surface area contributed by atoms with Gasteiger partial charge in [-0.05, 0) is 41.8 Å². The minimum absolute atomic E-state index is 0.0276. The zero-order valence-corrected chi connectivity index (χ0v) is 11.7. The van der Waals surface area contributed by atoms with Gasteiger partial charge in [-0.25, -0.2) is 0 Å². The second-order valence-electron chi connectivity index (χ2n) is 4.81. The van der Waals surface area contributed by atoms with Gasteiger partial charge in [0, 0.05) is 11.3 Å². The number of allylic oxidation sites excluding steroid dienone is 1. The minimum atomic E-state index is 0.0276. The topological polar surface area (TPSA) is 43.1 Å². The Morgan fingerprint density at radius 3 is 2.60 bits per heavy atom. The Morgan fingerprint density at radius 1 is 1.15 bits per heavy atom. The van der Waals surface area contributed by atoms with Crippen molar-refractivity contribution in [1.82, 2.24) is 0 Å². The van der Waals surface area contributed by atoms with Crippen LogP contribution in [0, 0.1) is 0 Å². The first-order valence-corrected chi connectivity index (χ1v) is 6.86. The lowest BCUT2D eigenvalue weighted by atomic mass is 10.0. The van der Waals surface area contributed by atoms with Crippen molar-refractivity contribution in [3.63, 3.8) is 0 Å². The first kappa shape index (κ1) is 14.1. The van der Waals surface area contributed by atoms with Crippen LogP contribution in [0.3, 0.4) is 0 Å². The third-order valence-electron chi connectivity index (χ3n) is 3.11. The van der Waals surface area contributed by atoms with Crippen molar-refractivity contribution in [2.45, 2.75) is 19.8 Å². The molecule has 2 N–H and O–H groups in total. The van der Waals surface area contributed by atoms with Crippen LogP contribution in [0.1, 0.15) is 34.8 Å². The molecule has 2 aromatic carbocycles. The van der Waals surface area contributed by atoms with E-state index >= 15 is 0 Å². The van der Waals surface area contributed by atoms with E-state index in [0.29, 0.717) is 0 Å². The highest BCUT2D eigenvalue weighted by molar-refractivity contribution is 6.06. The fourth-order valence-corrected chi connectivity index (χ4v) is 2.04. The Kier molecular flexibility index (Phi) is 4.72. The third-order valence-corrected chi connectivity index (χ3v) is 3.11. The number of hydrogen-bond acceptors (Lipinski definition) is 2. The van der Waals surface area contributed by atoms with E-state index in [9.17, 15) is 4.79 Å². The highest BCUT2D eigenvalue weighted by Crippen LogP contribution is 2.11. The number of rotatable bonds is 5.